The van der Waals surface area contributed by atoms with Crippen LogP contribution in [0.15, 0.2) is 41.4 Å². The van der Waals surface area contributed by atoms with Crippen LogP contribution in [0, 0.1) is 6.92 Å². The van der Waals surface area contributed by atoms with Gasteiger partial charge in [0.25, 0.3) is 0 Å². The first-order chi connectivity index (χ1) is 15.0. The molecule has 2 heterocycles. The molecule has 1 aliphatic rings. The Balaban J connectivity index is 0.00000363. The van der Waals surface area contributed by atoms with Crippen LogP contribution in [-0.4, -0.2) is 43.2 Å². The zero-order valence-electron chi connectivity index (χ0n) is 19.1. The summed E-state index contributed by atoms with van der Waals surface area (Å²) in [5.41, 5.74) is 3.07. The number of aliphatic imine (C=N–C) groups is 1. The average Bonchev–Trinajstić information content (AvgIpc) is 3.43. The van der Waals surface area contributed by atoms with E-state index in [2.05, 4.69) is 56.9 Å². The van der Waals surface area contributed by atoms with Crippen molar-refractivity contribution in [2.75, 3.05) is 31.1 Å². The molecule has 1 aromatic heterocycles. The summed E-state index contributed by atoms with van der Waals surface area (Å²) in [5.74, 6) is 0.401. The third-order valence-electron chi connectivity index (χ3n) is 4.86. The van der Waals surface area contributed by atoms with Gasteiger partial charge in [0.15, 0.2) is 5.96 Å². The van der Waals surface area contributed by atoms with Gasteiger partial charge < -0.3 is 20.3 Å². The molecular formula is C23H32IN5O2S. The fourth-order valence-corrected chi connectivity index (χ4v) is 4.25. The number of aromatic nitrogens is 1. The monoisotopic (exact) mass is 569 g/mol. The summed E-state index contributed by atoms with van der Waals surface area (Å²) in [6.45, 7) is 11.3. The number of aryl methyl sites for hydroxylation is 1. The highest BCUT2D eigenvalue weighted by Gasteiger charge is 2.20. The maximum atomic E-state index is 12.1. The SMILES string of the molecule is CCNC(=NCc1cccc(N2CC=CC2)c1)NC(C)c1nc(C)c(C(=O)OCC)s1.I. The van der Waals surface area contributed by atoms with Gasteiger partial charge >= 0.3 is 5.97 Å². The topological polar surface area (TPSA) is 78.9 Å². The number of thiazole rings is 1. The zero-order valence-corrected chi connectivity index (χ0v) is 22.2. The highest BCUT2D eigenvalue weighted by atomic mass is 127. The van der Waals surface area contributed by atoms with E-state index in [1.807, 2.05) is 20.8 Å². The lowest BCUT2D eigenvalue weighted by molar-refractivity contribution is 0.0531. The van der Waals surface area contributed by atoms with Crippen LogP contribution in [0.4, 0.5) is 5.69 Å². The molecule has 0 bridgehead atoms. The third kappa shape index (κ3) is 6.93. The maximum Gasteiger partial charge on any atom is 0.350 e. The lowest BCUT2D eigenvalue weighted by atomic mass is 10.2. The lowest BCUT2D eigenvalue weighted by Crippen LogP contribution is -2.38. The Morgan fingerprint density at radius 1 is 1.31 bits per heavy atom. The van der Waals surface area contributed by atoms with E-state index in [9.17, 15) is 4.79 Å². The number of benzene rings is 1. The first kappa shape index (κ1) is 26.1. The molecule has 3 rings (SSSR count). The molecule has 2 aromatic rings. The van der Waals surface area contributed by atoms with Crippen molar-refractivity contribution in [1.29, 1.82) is 0 Å². The van der Waals surface area contributed by atoms with Gasteiger partial charge in [-0.1, -0.05) is 24.3 Å². The number of halogens is 1. The van der Waals surface area contributed by atoms with Gasteiger partial charge in [0.2, 0.25) is 0 Å². The number of carbonyl (C=O) groups is 1. The molecule has 1 aliphatic heterocycles. The van der Waals surface area contributed by atoms with Crippen molar-refractivity contribution in [3.8, 4) is 0 Å². The molecule has 7 nitrogen and oxygen atoms in total. The first-order valence-corrected chi connectivity index (χ1v) is 11.5. The Morgan fingerprint density at radius 3 is 2.75 bits per heavy atom. The van der Waals surface area contributed by atoms with Gasteiger partial charge in [0.1, 0.15) is 9.88 Å². The maximum absolute atomic E-state index is 12.1. The van der Waals surface area contributed by atoms with Gasteiger partial charge in [-0.2, -0.15) is 0 Å². The standard InChI is InChI=1S/C23H31N5O2S.HI/c1-5-24-23(25-15-18-10-9-11-19(14-18)28-12-7-8-13-28)27-17(4)21-26-16(3)20(31-21)22(29)30-6-2;/h7-11,14,17H,5-6,12-13,15H2,1-4H3,(H2,24,25,27);1H. The van der Waals surface area contributed by atoms with Gasteiger partial charge in [0, 0.05) is 25.3 Å². The molecule has 0 radical (unpaired) electrons. The van der Waals surface area contributed by atoms with Crippen LogP contribution in [0.2, 0.25) is 0 Å². The number of guanidine groups is 1. The summed E-state index contributed by atoms with van der Waals surface area (Å²) in [4.78, 5) is 24.3. The predicted octanol–water partition coefficient (Wildman–Crippen LogP) is 4.44. The summed E-state index contributed by atoms with van der Waals surface area (Å²) in [6, 6.07) is 8.42. The smallest absolute Gasteiger partial charge is 0.350 e. The number of nitrogens with zero attached hydrogens (tertiary/aromatic N) is 3. The van der Waals surface area contributed by atoms with E-state index in [4.69, 9.17) is 9.73 Å². The molecule has 0 fully saturated rings. The second-order valence-corrected chi connectivity index (χ2v) is 8.33. The first-order valence-electron chi connectivity index (χ1n) is 10.7. The summed E-state index contributed by atoms with van der Waals surface area (Å²) in [7, 11) is 0. The number of anilines is 1. The van der Waals surface area contributed by atoms with E-state index >= 15 is 0 Å². The summed E-state index contributed by atoms with van der Waals surface area (Å²) >= 11 is 1.36. The Morgan fingerprint density at radius 2 is 2.06 bits per heavy atom. The average molecular weight is 570 g/mol. The highest BCUT2D eigenvalue weighted by molar-refractivity contribution is 14.0. The van der Waals surface area contributed by atoms with Crippen LogP contribution in [0.3, 0.4) is 0 Å². The Hall–Kier alpha value is -2.14. The number of ether oxygens (including phenoxy) is 1. The second-order valence-electron chi connectivity index (χ2n) is 7.29. The second kappa shape index (κ2) is 12.8. The third-order valence-corrected chi connectivity index (χ3v) is 6.18. The zero-order chi connectivity index (χ0) is 22.2. The van der Waals surface area contributed by atoms with E-state index in [1.165, 1.54) is 17.0 Å². The molecule has 0 amide bonds. The van der Waals surface area contributed by atoms with Gasteiger partial charge in [-0.3, -0.25) is 0 Å². The van der Waals surface area contributed by atoms with Crippen molar-refractivity contribution in [2.24, 2.45) is 4.99 Å². The number of carbonyl (C=O) groups excluding carboxylic acids is 1. The molecule has 9 heteroatoms. The van der Waals surface area contributed by atoms with E-state index in [0.29, 0.717) is 29.7 Å². The van der Waals surface area contributed by atoms with Gasteiger partial charge in [0.05, 0.1) is 24.9 Å². The minimum atomic E-state index is -0.315. The van der Waals surface area contributed by atoms with E-state index < -0.39 is 0 Å². The highest BCUT2D eigenvalue weighted by Crippen LogP contribution is 2.24. The fourth-order valence-electron chi connectivity index (χ4n) is 3.29. The predicted molar refractivity (Wildman–Crippen MR) is 142 cm³/mol. The molecule has 1 unspecified atom stereocenters. The largest absolute Gasteiger partial charge is 0.462 e. The summed E-state index contributed by atoms with van der Waals surface area (Å²) in [5, 5.41) is 7.52. The van der Waals surface area contributed by atoms with Crippen molar-refractivity contribution in [3.05, 3.63) is 57.6 Å². The molecule has 0 saturated heterocycles. The number of rotatable bonds is 8. The van der Waals surface area contributed by atoms with Crippen molar-refractivity contribution in [2.45, 2.75) is 40.3 Å². The van der Waals surface area contributed by atoms with Crippen LogP contribution >= 0.6 is 35.3 Å². The van der Waals surface area contributed by atoms with Crippen molar-refractivity contribution < 1.29 is 9.53 Å². The van der Waals surface area contributed by atoms with E-state index in [1.54, 1.807) is 6.92 Å². The van der Waals surface area contributed by atoms with Crippen LogP contribution in [-0.2, 0) is 11.3 Å². The van der Waals surface area contributed by atoms with Gasteiger partial charge in [-0.05, 0) is 45.4 Å². The van der Waals surface area contributed by atoms with E-state index in [-0.39, 0.29) is 36.0 Å². The summed E-state index contributed by atoms with van der Waals surface area (Å²) < 4.78 is 5.12. The molecule has 0 spiro atoms. The lowest BCUT2D eigenvalue weighted by Gasteiger charge is -2.18. The number of hydrogen-bond acceptors (Lipinski definition) is 6. The minimum Gasteiger partial charge on any atom is -0.462 e. The molecule has 1 atom stereocenters. The van der Waals surface area contributed by atoms with Crippen LogP contribution in [0.5, 0.6) is 0 Å². The van der Waals surface area contributed by atoms with Gasteiger partial charge in [-0.25, -0.2) is 14.8 Å². The molecule has 1 aromatic carbocycles. The van der Waals surface area contributed by atoms with Crippen molar-refractivity contribution in [1.82, 2.24) is 15.6 Å². The van der Waals surface area contributed by atoms with Crippen molar-refractivity contribution >= 4 is 52.9 Å². The molecule has 174 valence electrons. The Labute approximate surface area is 211 Å². The quantitative estimate of drug-likeness (QED) is 0.161. The number of hydrogen-bond donors (Lipinski definition) is 2. The van der Waals surface area contributed by atoms with Crippen LogP contribution in [0.25, 0.3) is 0 Å². The molecule has 0 saturated carbocycles. The summed E-state index contributed by atoms with van der Waals surface area (Å²) in [6.07, 6.45) is 4.38. The normalized spacial score (nSPS) is 14.1. The molecule has 32 heavy (non-hydrogen) atoms. The number of esters is 1. The van der Waals surface area contributed by atoms with Crippen LogP contribution < -0.4 is 15.5 Å². The van der Waals surface area contributed by atoms with Crippen molar-refractivity contribution in [3.63, 3.8) is 0 Å². The minimum absolute atomic E-state index is 0. The molecular weight excluding hydrogens is 537 g/mol. The Bertz CT molecular complexity index is 952. The number of nitrogens with one attached hydrogen (secondary N) is 2. The van der Waals surface area contributed by atoms with E-state index in [0.717, 1.165) is 30.2 Å². The molecule has 0 aliphatic carbocycles. The fraction of sp³-hybridized carbons (Fsp3) is 0.435. The van der Waals surface area contributed by atoms with Crippen LogP contribution in [0.1, 0.15) is 52.7 Å². The Kier molecular flexibility index (Phi) is 10.4. The molecule has 2 N–H and O–H groups in total. The van der Waals surface area contributed by atoms with Gasteiger partial charge in [-0.15, -0.1) is 35.3 Å².